The van der Waals surface area contributed by atoms with Gasteiger partial charge in [0.05, 0.1) is 28.9 Å². The Bertz CT molecular complexity index is 1890. The number of amides is 1. The zero-order valence-corrected chi connectivity index (χ0v) is 26.4. The summed E-state index contributed by atoms with van der Waals surface area (Å²) < 4.78 is 28.7. The number of benzene rings is 1. The molecule has 0 bridgehead atoms. The highest BCUT2D eigenvalue weighted by atomic mass is 35.5. The maximum Gasteiger partial charge on any atom is 0.285 e. The third kappa shape index (κ3) is 6.30. The highest BCUT2D eigenvalue weighted by molar-refractivity contribution is 7.89. The number of fused-ring (bicyclic) bond motifs is 1. The second-order valence-electron chi connectivity index (χ2n) is 11.0. The third-order valence-electron chi connectivity index (χ3n) is 7.43. The number of piperazine rings is 1. The van der Waals surface area contributed by atoms with Crippen LogP contribution < -0.4 is 25.4 Å². The molecule has 1 aromatic carbocycles. The van der Waals surface area contributed by atoms with E-state index in [1.54, 1.807) is 22.4 Å². The van der Waals surface area contributed by atoms with Crippen LogP contribution in [0.5, 0.6) is 0 Å². The standard InChI is InChI=1S/C28H34ClN9O4S/c1-16-13-19(18(3)30-21-7-8-22(29)31-25(21)26(39)34-43(6,41)42)24-20(14-16)27(40)36(5)28(32-24)37-11-12-38(17(2)15-37)23-9-10-35(4)33-23/h7-10,13-14,17-18,30H,11-12,15H2,1-6H3,(H,34,39)/t17-,18-/m1/s1. The van der Waals surface area contributed by atoms with E-state index < -0.39 is 22.0 Å². The fraction of sp³-hybridized carbons (Fsp3) is 0.393. The van der Waals surface area contributed by atoms with Crippen LogP contribution in [0.3, 0.4) is 0 Å². The molecule has 0 unspecified atom stereocenters. The molecule has 0 aliphatic carbocycles. The molecular weight excluding hydrogens is 594 g/mol. The van der Waals surface area contributed by atoms with Gasteiger partial charge in [0.15, 0.2) is 11.5 Å². The van der Waals surface area contributed by atoms with Crippen molar-refractivity contribution in [3.05, 3.63) is 68.9 Å². The summed E-state index contributed by atoms with van der Waals surface area (Å²) in [6.45, 7) is 7.90. The van der Waals surface area contributed by atoms with Gasteiger partial charge in [-0.1, -0.05) is 17.7 Å². The number of carbonyl (C=O) groups excluding carboxylic acids is 1. The molecule has 0 saturated carbocycles. The number of halogens is 1. The molecule has 4 aromatic rings. The first-order valence-corrected chi connectivity index (χ1v) is 16.0. The van der Waals surface area contributed by atoms with Crippen molar-refractivity contribution in [3.63, 3.8) is 0 Å². The van der Waals surface area contributed by atoms with Crippen LogP contribution in [0.1, 0.15) is 41.5 Å². The van der Waals surface area contributed by atoms with E-state index in [0.717, 1.165) is 23.2 Å². The van der Waals surface area contributed by atoms with Crippen LogP contribution in [0.2, 0.25) is 5.15 Å². The van der Waals surface area contributed by atoms with Crippen molar-refractivity contribution in [2.24, 2.45) is 14.1 Å². The molecule has 13 nitrogen and oxygen atoms in total. The monoisotopic (exact) mass is 627 g/mol. The number of carbonyl (C=O) groups is 1. The van der Waals surface area contributed by atoms with E-state index in [9.17, 15) is 18.0 Å². The summed E-state index contributed by atoms with van der Waals surface area (Å²) in [5.41, 5.74) is 2.07. The molecule has 15 heteroatoms. The lowest BCUT2D eigenvalue weighted by atomic mass is 10.0. The zero-order valence-electron chi connectivity index (χ0n) is 24.8. The van der Waals surface area contributed by atoms with Crippen molar-refractivity contribution in [3.8, 4) is 0 Å². The van der Waals surface area contributed by atoms with Gasteiger partial charge in [-0.25, -0.2) is 23.1 Å². The topological polar surface area (TPSA) is 147 Å². The van der Waals surface area contributed by atoms with E-state index in [-0.39, 0.29) is 28.1 Å². The normalized spacial score (nSPS) is 16.4. The van der Waals surface area contributed by atoms with Gasteiger partial charge in [0.2, 0.25) is 16.0 Å². The lowest BCUT2D eigenvalue weighted by Gasteiger charge is -2.40. The van der Waals surface area contributed by atoms with Gasteiger partial charge in [0.1, 0.15) is 5.15 Å². The van der Waals surface area contributed by atoms with Gasteiger partial charge in [0.25, 0.3) is 11.5 Å². The number of sulfonamides is 1. The molecule has 228 valence electrons. The SMILES string of the molecule is Cc1cc([C@@H](C)Nc2ccc(Cl)nc2C(=O)NS(C)(=O)=O)c2nc(N3CCN(c4ccn(C)n4)[C@H](C)C3)n(C)c(=O)c2c1. The Balaban J connectivity index is 1.51. The quantitative estimate of drug-likeness (QED) is 0.293. The second-order valence-corrected chi connectivity index (χ2v) is 13.1. The fourth-order valence-corrected chi connectivity index (χ4v) is 6.02. The van der Waals surface area contributed by atoms with Crippen LogP contribution in [-0.4, -0.2) is 70.6 Å². The maximum atomic E-state index is 13.7. The van der Waals surface area contributed by atoms with E-state index in [1.165, 1.54) is 6.07 Å². The van der Waals surface area contributed by atoms with Crippen LogP contribution in [0.25, 0.3) is 10.9 Å². The molecule has 1 aliphatic heterocycles. The third-order valence-corrected chi connectivity index (χ3v) is 8.19. The summed E-state index contributed by atoms with van der Waals surface area (Å²) in [6, 6.07) is 8.48. The van der Waals surface area contributed by atoms with E-state index in [2.05, 4.69) is 32.1 Å². The minimum absolute atomic E-state index is 0.0324. The predicted octanol–water partition coefficient (Wildman–Crippen LogP) is 2.60. The van der Waals surface area contributed by atoms with Gasteiger partial charge in [-0.05, 0) is 44.5 Å². The number of hydrogen-bond donors (Lipinski definition) is 2. The Kier molecular flexibility index (Phi) is 8.09. The number of anilines is 3. The van der Waals surface area contributed by atoms with Crippen LogP contribution in [0.4, 0.5) is 17.5 Å². The predicted molar refractivity (Wildman–Crippen MR) is 168 cm³/mol. The second kappa shape index (κ2) is 11.5. The van der Waals surface area contributed by atoms with Crippen molar-refractivity contribution in [1.82, 2.24) is 29.0 Å². The van der Waals surface area contributed by atoms with E-state index in [4.69, 9.17) is 16.6 Å². The summed E-state index contributed by atoms with van der Waals surface area (Å²) in [5, 5.41) is 8.30. The molecule has 1 saturated heterocycles. The molecule has 3 aromatic heterocycles. The molecule has 1 amide bonds. The Hall–Kier alpha value is -4.17. The first-order valence-electron chi connectivity index (χ1n) is 13.7. The minimum atomic E-state index is -3.83. The van der Waals surface area contributed by atoms with E-state index in [0.29, 0.717) is 36.5 Å². The molecule has 0 radical (unpaired) electrons. The number of rotatable bonds is 7. The molecule has 0 spiro atoms. The Labute approximate surface area is 254 Å². The number of nitrogens with one attached hydrogen (secondary N) is 2. The smallest absolute Gasteiger partial charge is 0.285 e. The molecule has 2 N–H and O–H groups in total. The number of nitrogens with zero attached hydrogens (tertiary/aromatic N) is 7. The highest BCUT2D eigenvalue weighted by Gasteiger charge is 2.29. The first kappa shape index (κ1) is 30.3. The Morgan fingerprint density at radius 1 is 1.14 bits per heavy atom. The van der Waals surface area contributed by atoms with Crippen molar-refractivity contribution >= 4 is 55.9 Å². The van der Waals surface area contributed by atoms with E-state index in [1.807, 2.05) is 50.0 Å². The largest absolute Gasteiger partial charge is 0.377 e. The van der Waals surface area contributed by atoms with E-state index >= 15 is 0 Å². The van der Waals surface area contributed by atoms with Crippen molar-refractivity contribution < 1.29 is 13.2 Å². The Morgan fingerprint density at radius 3 is 2.53 bits per heavy atom. The molecule has 43 heavy (non-hydrogen) atoms. The summed E-state index contributed by atoms with van der Waals surface area (Å²) in [7, 11) is -0.209. The van der Waals surface area contributed by atoms with Gasteiger partial charge < -0.3 is 15.1 Å². The average molecular weight is 628 g/mol. The summed E-state index contributed by atoms with van der Waals surface area (Å²) in [4.78, 5) is 39.9. The maximum absolute atomic E-state index is 13.7. The van der Waals surface area contributed by atoms with Crippen LogP contribution in [-0.2, 0) is 24.1 Å². The Morgan fingerprint density at radius 2 is 1.88 bits per heavy atom. The number of hydrogen-bond acceptors (Lipinski definition) is 10. The number of pyridine rings is 1. The van der Waals surface area contributed by atoms with Crippen LogP contribution in [0, 0.1) is 6.92 Å². The van der Waals surface area contributed by atoms with Gasteiger partial charge in [-0.15, -0.1) is 0 Å². The van der Waals surface area contributed by atoms with Gasteiger partial charge in [0, 0.05) is 57.6 Å². The first-order chi connectivity index (χ1) is 20.2. The van der Waals surface area contributed by atoms with Gasteiger partial charge in [-0.3, -0.25) is 18.8 Å². The van der Waals surface area contributed by atoms with Crippen LogP contribution in [0.15, 0.2) is 41.3 Å². The number of aromatic nitrogens is 5. The molecule has 4 heterocycles. The number of aryl methyl sites for hydroxylation is 2. The molecule has 2 atom stereocenters. The van der Waals surface area contributed by atoms with Gasteiger partial charge in [-0.2, -0.15) is 5.10 Å². The zero-order chi connectivity index (χ0) is 31.2. The minimum Gasteiger partial charge on any atom is -0.377 e. The lowest BCUT2D eigenvalue weighted by Crippen LogP contribution is -2.53. The summed E-state index contributed by atoms with van der Waals surface area (Å²) in [5.74, 6) is 0.555. The van der Waals surface area contributed by atoms with Crippen molar-refractivity contribution in [2.45, 2.75) is 32.9 Å². The van der Waals surface area contributed by atoms with Crippen LogP contribution >= 0.6 is 11.6 Å². The average Bonchev–Trinajstić information content (AvgIpc) is 3.36. The lowest BCUT2D eigenvalue weighted by molar-refractivity contribution is 0.0977. The molecule has 1 fully saturated rings. The highest BCUT2D eigenvalue weighted by Crippen LogP contribution is 2.30. The molecular formula is C28H34ClN9O4S. The van der Waals surface area contributed by atoms with Gasteiger partial charge >= 0.3 is 0 Å². The molecule has 1 aliphatic rings. The fourth-order valence-electron chi connectivity index (χ4n) is 5.44. The van der Waals surface area contributed by atoms with Crippen molar-refractivity contribution in [1.29, 1.82) is 0 Å². The summed E-state index contributed by atoms with van der Waals surface area (Å²) in [6.07, 6.45) is 2.80. The molecule has 5 rings (SSSR count). The van der Waals surface area contributed by atoms with Crippen molar-refractivity contribution in [2.75, 3.05) is 41.0 Å². The summed E-state index contributed by atoms with van der Waals surface area (Å²) >= 11 is 6.04.